The van der Waals surface area contributed by atoms with Crippen LogP contribution in [0.25, 0.3) is 0 Å². The fraction of sp³-hybridized carbons (Fsp3) is 0.750. The van der Waals surface area contributed by atoms with Crippen molar-refractivity contribution in [3.05, 3.63) is 0 Å². The van der Waals surface area contributed by atoms with E-state index in [9.17, 15) is 9.59 Å². The van der Waals surface area contributed by atoms with Gasteiger partial charge in [0.15, 0.2) is 0 Å². The molecular formula is C8H14N2O3. The maximum Gasteiger partial charge on any atom is 0.229 e. The summed E-state index contributed by atoms with van der Waals surface area (Å²) in [5.74, 6) is -0.387. The smallest absolute Gasteiger partial charge is 0.229 e. The first-order chi connectivity index (χ1) is 6.02. The lowest BCUT2D eigenvalue weighted by Gasteiger charge is -2.20. The van der Waals surface area contributed by atoms with Crippen molar-refractivity contribution < 1.29 is 14.7 Å². The number of carbonyl (C=O) groups excluding carboxylic acids is 2. The molecule has 0 spiro atoms. The minimum absolute atomic E-state index is 0.120. The van der Waals surface area contributed by atoms with Gasteiger partial charge in [0.1, 0.15) is 0 Å². The van der Waals surface area contributed by atoms with E-state index in [0.29, 0.717) is 0 Å². The zero-order chi connectivity index (χ0) is 10.0. The van der Waals surface area contributed by atoms with Gasteiger partial charge in [-0.15, -0.1) is 0 Å². The molecule has 3 N–H and O–H groups in total. The highest BCUT2D eigenvalue weighted by Crippen LogP contribution is 2.11. The average Bonchev–Trinajstić information content (AvgIpc) is 2.35. The van der Waals surface area contributed by atoms with Crippen LogP contribution in [0.15, 0.2) is 0 Å². The first-order valence-corrected chi connectivity index (χ1v) is 4.29. The van der Waals surface area contributed by atoms with Crippen molar-refractivity contribution in [1.82, 2.24) is 4.90 Å². The Morgan fingerprint density at radius 1 is 1.46 bits per heavy atom. The molecule has 1 aliphatic heterocycles. The predicted molar refractivity (Wildman–Crippen MR) is 45.6 cm³/mol. The van der Waals surface area contributed by atoms with E-state index in [-0.39, 0.29) is 31.2 Å². The summed E-state index contributed by atoms with van der Waals surface area (Å²) < 4.78 is 0. The van der Waals surface area contributed by atoms with E-state index < -0.39 is 12.1 Å². The summed E-state index contributed by atoms with van der Waals surface area (Å²) in [5, 5.41) is 9.08. The van der Waals surface area contributed by atoms with Crippen LogP contribution in [0.1, 0.15) is 19.8 Å². The van der Waals surface area contributed by atoms with Crippen molar-refractivity contribution in [3.8, 4) is 0 Å². The van der Waals surface area contributed by atoms with E-state index >= 15 is 0 Å². The number of aliphatic hydroxyl groups excluding tert-OH is 1. The van der Waals surface area contributed by atoms with Crippen molar-refractivity contribution in [3.63, 3.8) is 0 Å². The molecule has 2 unspecified atom stereocenters. The summed E-state index contributed by atoms with van der Waals surface area (Å²) in [6.45, 7) is 1.66. The summed E-state index contributed by atoms with van der Waals surface area (Å²) in [6.07, 6.45) is -0.169. The van der Waals surface area contributed by atoms with Gasteiger partial charge in [0, 0.05) is 25.4 Å². The lowest BCUT2D eigenvalue weighted by Crippen LogP contribution is -2.45. The molecule has 0 radical (unpaired) electrons. The first-order valence-electron chi connectivity index (χ1n) is 4.29. The maximum atomic E-state index is 11.1. The van der Waals surface area contributed by atoms with E-state index in [4.69, 9.17) is 10.8 Å². The summed E-state index contributed by atoms with van der Waals surface area (Å²) in [7, 11) is 0. The Labute approximate surface area is 76.5 Å². The van der Waals surface area contributed by atoms with Gasteiger partial charge in [-0.05, 0) is 6.92 Å². The van der Waals surface area contributed by atoms with Gasteiger partial charge >= 0.3 is 0 Å². The molecule has 1 rings (SSSR count). The number of nitrogens with zero attached hydrogens (tertiary/aromatic N) is 1. The number of hydrogen-bond acceptors (Lipinski definition) is 4. The van der Waals surface area contributed by atoms with Crippen LogP contribution in [0.4, 0.5) is 0 Å². The van der Waals surface area contributed by atoms with Crippen LogP contribution in [0.5, 0.6) is 0 Å². The van der Waals surface area contributed by atoms with Gasteiger partial charge in [-0.3, -0.25) is 14.5 Å². The number of rotatable bonds is 3. The van der Waals surface area contributed by atoms with Crippen LogP contribution in [-0.4, -0.2) is 40.5 Å². The monoisotopic (exact) mass is 186 g/mol. The van der Waals surface area contributed by atoms with Crippen LogP contribution in [-0.2, 0) is 9.59 Å². The SMILES string of the molecule is CC(O)C(N)CN1C(=O)CCC1=O. The Balaban J connectivity index is 2.52. The van der Waals surface area contributed by atoms with Gasteiger partial charge in [-0.1, -0.05) is 0 Å². The second-order valence-corrected chi connectivity index (χ2v) is 3.30. The molecule has 0 saturated carbocycles. The van der Waals surface area contributed by atoms with Crippen LogP contribution in [0, 0.1) is 0 Å². The molecule has 0 aliphatic carbocycles. The van der Waals surface area contributed by atoms with Crippen molar-refractivity contribution in [1.29, 1.82) is 0 Å². The minimum atomic E-state index is -0.707. The molecule has 5 nitrogen and oxygen atoms in total. The summed E-state index contributed by atoms with van der Waals surface area (Å²) >= 11 is 0. The van der Waals surface area contributed by atoms with Gasteiger partial charge in [0.05, 0.1) is 6.10 Å². The van der Waals surface area contributed by atoms with Crippen molar-refractivity contribution >= 4 is 11.8 Å². The highest BCUT2D eigenvalue weighted by molar-refractivity contribution is 6.01. The van der Waals surface area contributed by atoms with E-state index in [1.54, 1.807) is 0 Å². The van der Waals surface area contributed by atoms with E-state index in [0.717, 1.165) is 4.90 Å². The molecule has 1 heterocycles. The fourth-order valence-corrected chi connectivity index (χ4v) is 1.19. The molecular weight excluding hydrogens is 172 g/mol. The van der Waals surface area contributed by atoms with Gasteiger partial charge in [-0.25, -0.2) is 0 Å². The lowest BCUT2D eigenvalue weighted by molar-refractivity contribution is -0.138. The average molecular weight is 186 g/mol. The zero-order valence-corrected chi connectivity index (χ0v) is 7.56. The highest BCUT2D eigenvalue weighted by Gasteiger charge is 2.30. The third kappa shape index (κ3) is 2.26. The quantitative estimate of drug-likeness (QED) is 0.545. The number of likely N-dealkylation sites (tertiary alicyclic amines) is 1. The summed E-state index contributed by atoms with van der Waals surface area (Å²) in [5.41, 5.74) is 5.52. The molecule has 1 saturated heterocycles. The van der Waals surface area contributed by atoms with Crippen LogP contribution in [0.3, 0.4) is 0 Å². The number of hydrogen-bond donors (Lipinski definition) is 2. The normalized spacial score (nSPS) is 22.2. The van der Waals surface area contributed by atoms with E-state index in [1.807, 2.05) is 0 Å². The number of carbonyl (C=O) groups is 2. The van der Waals surface area contributed by atoms with Gasteiger partial charge in [0.25, 0.3) is 0 Å². The summed E-state index contributed by atoms with van der Waals surface area (Å²) in [4.78, 5) is 23.3. The predicted octanol–water partition coefficient (Wildman–Crippen LogP) is -1.16. The molecule has 74 valence electrons. The molecule has 0 aromatic rings. The third-order valence-electron chi connectivity index (χ3n) is 2.17. The number of nitrogens with two attached hydrogens (primary N) is 1. The number of amides is 2. The molecule has 5 heteroatoms. The third-order valence-corrected chi connectivity index (χ3v) is 2.17. The molecule has 0 aromatic heterocycles. The van der Waals surface area contributed by atoms with Crippen LogP contribution >= 0.6 is 0 Å². The number of imide groups is 1. The molecule has 2 amide bonds. The Hall–Kier alpha value is -0.940. The van der Waals surface area contributed by atoms with E-state index in [1.165, 1.54) is 6.92 Å². The molecule has 1 aliphatic rings. The van der Waals surface area contributed by atoms with Gasteiger partial charge < -0.3 is 10.8 Å². The standard InChI is InChI=1S/C8H14N2O3/c1-5(11)6(9)4-10-7(12)2-3-8(10)13/h5-6,11H,2-4,9H2,1H3. The Morgan fingerprint density at radius 2 is 1.92 bits per heavy atom. The molecule has 2 atom stereocenters. The second kappa shape index (κ2) is 3.85. The first kappa shape index (κ1) is 10.1. The van der Waals surface area contributed by atoms with Gasteiger partial charge in [-0.2, -0.15) is 0 Å². The molecule has 1 fully saturated rings. The lowest BCUT2D eigenvalue weighted by atomic mass is 10.2. The fourth-order valence-electron chi connectivity index (χ4n) is 1.19. The Bertz CT molecular complexity index is 211. The zero-order valence-electron chi connectivity index (χ0n) is 7.56. The van der Waals surface area contributed by atoms with Crippen LogP contribution in [0.2, 0.25) is 0 Å². The van der Waals surface area contributed by atoms with Gasteiger partial charge in [0.2, 0.25) is 11.8 Å². The second-order valence-electron chi connectivity index (χ2n) is 3.30. The van der Waals surface area contributed by atoms with E-state index in [2.05, 4.69) is 0 Å². The number of aliphatic hydroxyl groups is 1. The molecule has 0 bridgehead atoms. The Kier molecular flexibility index (Phi) is 3.00. The molecule has 13 heavy (non-hydrogen) atoms. The van der Waals surface area contributed by atoms with Crippen molar-refractivity contribution in [2.75, 3.05) is 6.54 Å². The topological polar surface area (TPSA) is 83.6 Å². The summed E-state index contributed by atoms with van der Waals surface area (Å²) in [6, 6.07) is -0.550. The highest BCUT2D eigenvalue weighted by atomic mass is 16.3. The Morgan fingerprint density at radius 3 is 2.31 bits per heavy atom. The molecule has 0 aromatic carbocycles. The maximum absolute atomic E-state index is 11.1. The van der Waals surface area contributed by atoms with Crippen molar-refractivity contribution in [2.24, 2.45) is 5.73 Å². The minimum Gasteiger partial charge on any atom is -0.392 e. The largest absolute Gasteiger partial charge is 0.392 e. The van der Waals surface area contributed by atoms with Crippen molar-refractivity contribution in [2.45, 2.75) is 31.9 Å². The van der Waals surface area contributed by atoms with Crippen LogP contribution < -0.4 is 5.73 Å².